The highest BCUT2D eigenvalue weighted by Crippen LogP contribution is 2.30. The molecule has 2 heterocycles. The summed E-state index contributed by atoms with van der Waals surface area (Å²) < 4.78 is 43.0. The normalized spacial score (nSPS) is 13.1. The third-order valence-corrected chi connectivity index (χ3v) is 6.73. The third-order valence-electron chi connectivity index (χ3n) is 3.67. The van der Waals surface area contributed by atoms with Crippen LogP contribution in [0.15, 0.2) is 46.7 Å². The number of hydrogen-bond acceptors (Lipinski definition) is 4. The van der Waals surface area contributed by atoms with Crippen molar-refractivity contribution in [2.75, 3.05) is 0 Å². The molecule has 0 radical (unpaired) electrons. The zero-order valence-corrected chi connectivity index (χ0v) is 15.8. The quantitative estimate of drug-likeness (QED) is 0.712. The van der Waals surface area contributed by atoms with Crippen LogP contribution in [0.2, 0.25) is 5.15 Å². The van der Waals surface area contributed by atoms with Gasteiger partial charge in [0.1, 0.15) is 15.9 Å². The highest BCUT2D eigenvalue weighted by molar-refractivity contribution is 7.89. The Morgan fingerprint density at radius 2 is 1.96 bits per heavy atom. The van der Waals surface area contributed by atoms with Crippen LogP contribution in [0.1, 0.15) is 22.2 Å². The van der Waals surface area contributed by atoms with Crippen molar-refractivity contribution in [2.45, 2.75) is 17.9 Å². The molecular formula is C16H15ClFN3O2S2. The van der Waals surface area contributed by atoms with Crippen molar-refractivity contribution in [1.29, 1.82) is 0 Å². The summed E-state index contributed by atoms with van der Waals surface area (Å²) in [6, 6.07) is 8.70. The van der Waals surface area contributed by atoms with Gasteiger partial charge in [-0.15, -0.1) is 11.3 Å². The summed E-state index contributed by atoms with van der Waals surface area (Å²) in [6.07, 6.45) is 0. The third kappa shape index (κ3) is 3.62. The van der Waals surface area contributed by atoms with Gasteiger partial charge in [-0.3, -0.25) is 4.68 Å². The Kier molecular flexibility index (Phi) is 4.97. The molecule has 0 amide bonds. The summed E-state index contributed by atoms with van der Waals surface area (Å²) in [6.45, 7) is 1.58. The van der Waals surface area contributed by atoms with E-state index >= 15 is 0 Å². The molecule has 0 aliphatic heterocycles. The van der Waals surface area contributed by atoms with E-state index in [-0.39, 0.29) is 15.9 Å². The van der Waals surface area contributed by atoms with Crippen LogP contribution in [0, 0.1) is 12.7 Å². The van der Waals surface area contributed by atoms with Crippen LogP contribution in [-0.2, 0) is 17.1 Å². The number of nitrogens with one attached hydrogen (secondary N) is 1. The second-order valence-corrected chi connectivity index (χ2v) is 8.44. The first-order chi connectivity index (χ1) is 11.8. The molecule has 0 fully saturated rings. The fourth-order valence-corrected chi connectivity index (χ4v) is 5.36. The fraction of sp³-hybridized carbons (Fsp3) is 0.188. The van der Waals surface area contributed by atoms with E-state index in [1.165, 1.54) is 28.2 Å². The maximum absolute atomic E-state index is 13.2. The van der Waals surface area contributed by atoms with Crippen LogP contribution in [0.4, 0.5) is 4.39 Å². The Labute approximate surface area is 154 Å². The molecule has 0 saturated carbocycles. The van der Waals surface area contributed by atoms with E-state index in [2.05, 4.69) is 9.82 Å². The molecule has 0 spiro atoms. The molecule has 1 aromatic carbocycles. The lowest BCUT2D eigenvalue weighted by Crippen LogP contribution is -2.29. The topological polar surface area (TPSA) is 64.0 Å². The minimum absolute atomic E-state index is 0.0361. The zero-order valence-electron chi connectivity index (χ0n) is 13.4. The molecule has 0 aliphatic carbocycles. The number of halogens is 2. The van der Waals surface area contributed by atoms with Crippen molar-refractivity contribution in [3.05, 3.63) is 68.9 Å². The molecule has 1 atom stereocenters. The van der Waals surface area contributed by atoms with Crippen LogP contribution < -0.4 is 4.72 Å². The molecule has 1 N–H and O–H groups in total. The molecule has 0 aliphatic rings. The lowest BCUT2D eigenvalue weighted by atomic mass is 10.1. The smallest absolute Gasteiger partial charge is 0.246 e. The lowest BCUT2D eigenvalue weighted by Gasteiger charge is -2.18. The second kappa shape index (κ2) is 6.87. The van der Waals surface area contributed by atoms with Gasteiger partial charge in [-0.05, 0) is 36.1 Å². The summed E-state index contributed by atoms with van der Waals surface area (Å²) in [5, 5.41) is 5.94. The van der Waals surface area contributed by atoms with E-state index in [1.54, 1.807) is 26.1 Å². The van der Waals surface area contributed by atoms with Crippen molar-refractivity contribution in [1.82, 2.24) is 14.5 Å². The summed E-state index contributed by atoms with van der Waals surface area (Å²) in [4.78, 5) is 0.730. The van der Waals surface area contributed by atoms with Gasteiger partial charge < -0.3 is 0 Å². The number of benzene rings is 1. The van der Waals surface area contributed by atoms with Crippen molar-refractivity contribution >= 4 is 33.0 Å². The van der Waals surface area contributed by atoms with Crippen molar-refractivity contribution in [2.24, 2.45) is 7.05 Å². The summed E-state index contributed by atoms with van der Waals surface area (Å²) in [5.41, 5.74) is 0.939. The Hall–Kier alpha value is -1.74. The van der Waals surface area contributed by atoms with Gasteiger partial charge in [-0.1, -0.05) is 29.8 Å². The van der Waals surface area contributed by atoms with E-state index in [9.17, 15) is 12.8 Å². The molecule has 132 valence electrons. The minimum Gasteiger partial charge on any atom is -0.255 e. The number of aromatic nitrogens is 2. The average Bonchev–Trinajstić information content (AvgIpc) is 3.15. The van der Waals surface area contributed by atoms with Gasteiger partial charge in [0.05, 0.1) is 11.7 Å². The highest BCUT2D eigenvalue weighted by Gasteiger charge is 2.29. The summed E-state index contributed by atoms with van der Waals surface area (Å²) in [7, 11) is -2.36. The largest absolute Gasteiger partial charge is 0.255 e. The molecule has 3 aromatic rings. The Balaban J connectivity index is 2.05. The highest BCUT2D eigenvalue weighted by atomic mass is 35.5. The molecule has 0 saturated heterocycles. The number of aryl methyl sites for hydroxylation is 2. The Morgan fingerprint density at radius 1 is 1.28 bits per heavy atom. The molecule has 5 nitrogen and oxygen atoms in total. The van der Waals surface area contributed by atoms with E-state index in [0.717, 1.165) is 4.88 Å². The number of thiophene rings is 1. The van der Waals surface area contributed by atoms with Crippen molar-refractivity contribution in [3.63, 3.8) is 0 Å². The Morgan fingerprint density at radius 3 is 2.48 bits per heavy atom. The Bertz CT molecular complexity index is 983. The number of rotatable bonds is 5. The fourth-order valence-electron chi connectivity index (χ4n) is 2.53. The number of nitrogens with zero attached hydrogens (tertiary/aromatic N) is 2. The predicted octanol–water partition coefficient (Wildman–Crippen LogP) is 3.65. The first kappa shape index (κ1) is 18.1. The maximum Gasteiger partial charge on any atom is 0.246 e. The molecule has 2 aromatic heterocycles. The standard InChI is InChI=1S/C16H15ClFN3O2S2/c1-10-15(16(17)21(2)19-10)25(22,23)20-14(13-4-3-9-24-13)11-5-7-12(18)8-6-11/h3-9,14,20H,1-2H3. The van der Waals surface area contributed by atoms with Crippen LogP contribution in [0.25, 0.3) is 0 Å². The molecule has 0 bridgehead atoms. The van der Waals surface area contributed by atoms with Crippen molar-refractivity contribution in [3.8, 4) is 0 Å². The van der Waals surface area contributed by atoms with Crippen LogP contribution >= 0.6 is 22.9 Å². The first-order valence-corrected chi connectivity index (χ1v) is 10.0. The lowest BCUT2D eigenvalue weighted by molar-refractivity contribution is 0.572. The van der Waals surface area contributed by atoms with Crippen molar-refractivity contribution < 1.29 is 12.8 Å². The number of hydrogen-bond donors (Lipinski definition) is 1. The monoisotopic (exact) mass is 399 g/mol. The van der Waals surface area contributed by atoms with Gasteiger partial charge in [0, 0.05) is 11.9 Å². The molecule has 3 rings (SSSR count). The van der Waals surface area contributed by atoms with Gasteiger partial charge in [0.2, 0.25) is 10.0 Å². The van der Waals surface area contributed by atoms with E-state index < -0.39 is 16.1 Å². The molecule has 9 heteroatoms. The SMILES string of the molecule is Cc1nn(C)c(Cl)c1S(=O)(=O)NC(c1ccc(F)cc1)c1cccs1. The van der Waals surface area contributed by atoms with E-state index in [0.29, 0.717) is 11.3 Å². The minimum atomic E-state index is -3.94. The second-order valence-electron chi connectivity index (χ2n) is 5.45. The molecule has 1 unspecified atom stereocenters. The van der Waals surface area contributed by atoms with Crippen LogP contribution in [0.5, 0.6) is 0 Å². The van der Waals surface area contributed by atoms with Gasteiger partial charge in [0.25, 0.3) is 0 Å². The number of sulfonamides is 1. The summed E-state index contributed by atoms with van der Waals surface area (Å²) >= 11 is 7.51. The maximum atomic E-state index is 13.2. The van der Waals surface area contributed by atoms with Gasteiger partial charge in [-0.2, -0.15) is 9.82 Å². The first-order valence-electron chi connectivity index (χ1n) is 7.30. The van der Waals surface area contributed by atoms with Crippen LogP contribution in [0.3, 0.4) is 0 Å². The summed E-state index contributed by atoms with van der Waals surface area (Å²) in [5.74, 6) is -0.386. The van der Waals surface area contributed by atoms with Crippen LogP contribution in [-0.4, -0.2) is 18.2 Å². The molecule has 25 heavy (non-hydrogen) atoms. The van der Waals surface area contributed by atoms with Gasteiger partial charge in [0.15, 0.2) is 0 Å². The average molecular weight is 400 g/mol. The van der Waals surface area contributed by atoms with E-state index in [4.69, 9.17) is 11.6 Å². The van der Waals surface area contributed by atoms with E-state index in [1.807, 2.05) is 17.5 Å². The van der Waals surface area contributed by atoms with Gasteiger partial charge in [-0.25, -0.2) is 12.8 Å². The zero-order chi connectivity index (χ0) is 18.2. The van der Waals surface area contributed by atoms with Gasteiger partial charge >= 0.3 is 0 Å². The predicted molar refractivity (Wildman–Crippen MR) is 95.8 cm³/mol. The molecular weight excluding hydrogens is 385 g/mol.